The third kappa shape index (κ3) is 4.71. The second-order valence-electron chi connectivity index (χ2n) is 4.84. The molecule has 0 saturated heterocycles. The zero-order valence-corrected chi connectivity index (χ0v) is 13.3. The van der Waals surface area contributed by atoms with Crippen molar-refractivity contribution in [2.45, 2.75) is 20.4 Å². The number of hydrogen-bond donors (Lipinski definition) is 1. The average Bonchev–Trinajstić information content (AvgIpc) is 2.55. The first-order chi connectivity index (χ1) is 11.1. The smallest absolute Gasteiger partial charge is 0.251 e. The van der Waals surface area contributed by atoms with Gasteiger partial charge in [-0.2, -0.15) is 0 Å². The quantitative estimate of drug-likeness (QED) is 0.849. The Bertz CT molecular complexity index is 673. The Kier molecular flexibility index (Phi) is 5.97. The van der Waals surface area contributed by atoms with Crippen LogP contribution in [0.15, 0.2) is 42.5 Å². The van der Waals surface area contributed by atoms with Crippen molar-refractivity contribution in [1.29, 1.82) is 0 Å². The van der Waals surface area contributed by atoms with Gasteiger partial charge in [0, 0.05) is 12.1 Å². The fraction of sp³-hybridized carbons (Fsp3) is 0.278. The van der Waals surface area contributed by atoms with Crippen LogP contribution in [0.4, 0.5) is 4.39 Å². The van der Waals surface area contributed by atoms with Crippen LogP contribution in [-0.2, 0) is 6.54 Å². The minimum atomic E-state index is -0.323. The maximum absolute atomic E-state index is 13.1. The summed E-state index contributed by atoms with van der Waals surface area (Å²) in [6.45, 7) is 5.01. The lowest BCUT2D eigenvalue weighted by molar-refractivity contribution is 0.0950. The predicted octanol–water partition coefficient (Wildman–Crippen LogP) is 3.55. The zero-order valence-electron chi connectivity index (χ0n) is 13.3. The Labute approximate surface area is 135 Å². The summed E-state index contributed by atoms with van der Waals surface area (Å²) in [5.41, 5.74) is 1.17. The van der Waals surface area contributed by atoms with E-state index in [-0.39, 0.29) is 18.3 Å². The summed E-state index contributed by atoms with van der Waals surface area (Å²) in [5, 5.41) is 2.76. The molecule has 0 aliphatic rings. The van der Waals surface area contributed by atoms with Crippen LogP contribution < -0.4 is 14.8 Å². The molecule has 1 amide bonds. The molecule has 2 aromatic rings. The van der Waals surface area contributed by atoms with E-state index in [9.17, 15) is 9.18 Å². The fourth-order valence-electron chi connectivity index (χ4n) is 2.12. The van der Waals surface area contributed by atoms with Gasteiger partial charge in [-0.3, -0.25) is 4.79 Å². The molecular weight excluding hydrogens is 297 g/mol. The first-order valence-corrected chi connectivity index (χ1v) is 7.56. The van der Waals surface area contributed by atoms with E-state index in [2.05, 4.69) is 5.32 Å². The lowest BCUT2D eigenvalue weighted by atomic mass is 10.1. The van der Waals surface area contributed by atoms with E-state index < -0.39 is 0 Å². The Morgan fingerprint density at radius 2 is 1.78 bits per heavy atom. The summed E-state index contributed by atoms with van der Waals surface area (Å²) >= 11 is 0. The molecule has 0 radical (unpaired) electrons. The maximum atomic E-state index is 13.1. The van der Waals surface area contributed by atoms with Gasteiger partial charge in [0.05, 0.1) is 13.2 Å². The van der Waals surface area contributed by atoms with Crippen molar-refractivity contribution in [3.05, 3.63) is 59.4 Å². The lowest BCUT2D eigenvalue weighted by Crippen LogP contribution is -2.22. The van der Waals surface area contributed by atoms with Crippen molar-refractivity contribution in [2.24, 2.45) is 0 Å². The third-order valence-corrected chi connectivity index (χ3v) is 3.15. The molecule has 23 heavy (non-hydrogen) atoms. The van der Waals surface area contributed by atoms with Gasteiger partial charge in [-0.15, -0.1) is 0 Å². The van der Waals surface area contributed by atoms with Crippen molar-refractivity contribution in [1.82, 2.24) is 5.32 Å². The van der Waals surface area contributed by atoms with Crippen LogP contribution in [0.25, 0.3) is 0 Å². The maximum Gasteiger partial charge on any atom is 0.251 e. The topological polar surface area (TPSA) is 47.6 Å². The SMILES string of the molecule is CCOc1ccc(C(=O)NCc2cccc(F)c2)cc1OCC. The van der Waals surface area contributed by atoms with Crippen molar-refractivity contribution in [3.63, 3.8) is 0 Å². The van der Waals surface area contributed by atoms with Crippen LogP contribution in [0.1, 0.15) is 29.8 Å². The fourth-order valence-corrected chi connectivity index (χ4v) is 2.12. The van der Waals surface area contributed by atoms with Gasteiger partial charge in [0.25, 0.3) is 5.91 Å². The van der Waals surface area contributed by atoms with Crippen LogP contribution in [0.2, 0.25) is 0 Å². The van der Waals surface area contributed by atoms with Crippen molar-refractivity contribution < 1.29 is 18.7 Å². The number of ether oxygens (including phenoxy) is 2. The number of hydrogen-bond acceptors (Lipinski definition) is 3. The Balaban J connectivity index is 2.07. The molecule has 0 heterocycles. The summed E-state index contributed by atoms with van der Waals surface area (Å²) in [5.74, 6) is 0.568. The normalized spacial score (nSPS) is 10.2. The van der Waals surface area contributed by atoms with Gasteiger partial charge in [0.1, 0.15) is 5.82 Å². The van der Waals surface area contributed by atoms with Gasteiger partial charge in [0.2, 0.25) is 0 Å². The van der Waals surface area contributed by atoms with Crippen molar-refractivity contribution in [3.8, 4) is 11.5 Å². The summed E-state index contributed by atoms with van der Waals surface area (Å²) in [4.78, 5) is 12.2. The number of carbonyl (C=O) groups is 1. The summed E-state index contributed by atoms with van der Waals surface area (Å²) in [7, 11) is 0. The van der Waals surface area contributed by atoms with Crippen LogP contribution in [0, 0.1) is 5.82 Å². The Hall–Kier alpha value is -2.56. The highest BCUT2D eigenvalue weighted by molar-refractivity contribution is 5.94. The Morgan fingerprint density at radius 3 is 2.48 bits per heavy atom. The molecule has 0 bridgehead atoms. The lowest BCUT2D eigenvalue weighted by Gasteiger charge is -2.12. The minimum absolute atomic E-state index is 0.252. The van der Waals surface area contributed by atoms with Crippen molar-refractivity contribution in [2.75, 3.05) is 13.2 Å². The second-order valence-corrected chi connectivity index (χ2v) is 4.84. The van der Waals surface area contributed by atoms with E-state index in [1.54, 1.807) is 30.3 Å². The summed E-state index contributed by atoms with van der Waals surface area (Å²) in [6, 6.07) is 11.2. The molecule has 0 atom stereocenters. The standard InChI is InChI=1S/C18H20FNO3/c1-3-22-16-9-8-14(11-17(16)23-4-2)18(21)20-12-13-6-5-7-15(19)10-13/h5-11H,3-4,12H2,1-2H3,(H,20,21). The number of benzene rings is 2. The van der Waals surface area contributed by atoms with Crippen LogP contribution in [0.3, 0.4) is 0 Å². The monoisotopic (exact) mass is 317 g/mol. The first kappa shape index (κ1) is 16.8. The minimum Gasteiger partial charge on any atom is -0.490 e. The van der Waals surface area contributed by atoms with Gasteiger partial charge in [-0.25, -0.2) is 4.39 Å². The highest BCUT2D eigenvalue weighted by Gasteiger charge is 2.11. The van der Waals surface area contributed by atoms with Crippen LogP contribution in [-0.4, -0.2) is 19.1 Å². The van der Waals surface area contributed by atoms with Crippen LogP contribution >= 0.6 is 0 Å². The highest BCUT2D eigenvalue weighted by atomic mass is 19.1. The number of amides is 1. The molecule has 0 unspecified atom stereocenters. The second kappa shape index (κ2) is 8.17. The summed E-state index contributed by atoms with van der Waals surface area (Å²) in [6.07, 6.45) is 0. The predicted molar refractivity (Wildman–Crippen MR) is 86.4 cm³/mol. The van der Waals surface area contributed by atoms with E-state index in [4.69, 9.17) is 9.47 Å². The first-order valence-electron chi connectivity index (χ1n) is 7.56. The van der Waals surface area contributed by atoms with E-state index in [0.717, 1.165) is 0 Å². The molecule has 0 aliphatic carbocycles. The average molecular weight is 317 g/mol. The van der Waals surface area contributed by atoms with E-state index in [1.165, 1.54) is 12.1 Å². The highest BCUT2D eigenvalue weighted by Crippen LogP contribution is 2.28. The van der Waals surface area contributed by atoms with Gasteiger partial charge in [0.15, 0.2) is 11.5 Å². The van der Waals surface area contributed by atoms with E-state index in [1.807, 2.05) is 13.8 Å². The molecule has 5 heteroatoms. The zero-order chi connectivity index (χ0) is 16.7. The molecule has 0 fully saturated rings. The molecule has 1 N–H and O–H groups in total. The molecule has 0 aromatic heterocycles. The summed E-state index contributed by atoms with van der Waals surface area (Å²) < 4.78 is 24.1. The number of halogens is 1. The largest absolute Gasteiger partial charge is 0.490 e. The Morgan fingerprint density at radius 1 is 1.04 bits per heavy atom. The van der Waals surface area contributed by atoms with Gasteiger partial charge >= 0.3 is 0 Å². The number of rotatable bonds is 7. The number of nitrogens with one attached hydrogen (secondary N) is 1. The number of carbonyl (C=O) groups excluding carboxylic acids is 1. The molecule has 4 nitrogen and oxygen atoms in total. The molecule has 2 rings (SSSR count). The van der Waals surface area contributed by atoms with Gasteiger partial charge in [-0.1, -0.05) is 12.1 Å². The third-order valence-electron chi connectivity index (χ3n) is 3.15. The van der Waals surface area contributed by atoms with E-state index >= 15 is 0 Å². The van der Waals surface area contributed by atoms with Crippen molar-refractivity contribution >= 4 is 5.91 Å². The molecule has 0 spiro atoms. The molecule has 0 saturated carbocycles. The van der Waals surface area contributed by atoms with Gasteiger partial charge in [-0.05, 0) is 49.7 Å². The molecular formula is C18H20FNO3. The van der Waals surface area contributed by atoms with E-state index in [0.29, 0.717) is 35.8 Å². The van der Waals surface area contributed by atoms with Crippen LogP contribution in [0.5, 0.6) is 11.5 Å². The van der Waals surface area contributed by atoms with Gasteiger partial charge < -0.3 is 14.8 Å². The molecule has 122 valence electrons. The molecule has 0 aliphatic heterocycles. The molecule has 2 aromatic carbocycles.